The average Bonchev–Trinajstić information content (AvgIpc) is 2.90. The highest BCUT2D eigenvalue weighted by Crippen LogP contribution is 2.43. The number of hydrogen-bond donors (Lipinski definition) is 1. The topological polar surface area (TPSA) is 43.8 Å². The molecule has 1 fully saturated rings. The van der Waals surface area contributed by atoms with Crippen LogP contribution in [0.4, 0.5) is 0 Å². The molecule has 1 saturated carbocycles. The van der Waals surface area contributed by atoms with Crippen LogP contribution in [0.15, 0.2) is 6.07 Å². The summed E-state index contributed by atoms with van der Waals surface area (Å²) in [6, 6.07) is 2.90. The lowest BCUT2D eigenvalue weighted by Gasteiger charge is -2.42. The maximum atomic E-state index is 6.47. The highest BCUT2D eigenvalue weighted by atomic mass is 15.3. The summed E-state index contributed by atoms with van der Waals surface area (Å²) in [5.74, 6) is 0.756. The Bertz CT molecular complexity index is 461. The van der Waals surface area contributed by atoms with Crippen molar-refractivity contribution in [3.05, 3.63) is 17.5 Å². The Morgan fingerprint density at radius 2 is 1.95 bits per heavy atom. The van der Waals surface area contributed by atoms with Crippen molar-refractivity contribution in [2.75, 3.05) is 0 Å². The molecule has 3 heteroatoms. The van der Waals surface area contributed by atoms with Crippen molar-refractivity contribution in [2.24, 2.45) is 17.1 Å². The van der Waals surface area contributed by atoms with Gasteiger partial charge >= 0.3 is 0 Å². The third-order valence-corrected chi connectivity index (χ3v) is 5.79. The number of nitrogens with two attached hydrogens (primary N) is 1. The Balaban J connectivity index is 2.26. The summed E-state index contributed by atoms with van der Waals surface area (Å²) in [6.07, 6.45) is 6.86. The number of hydrogen-bond acceptors (Lipinski definition) is 2. The van der Waals surface area contributed by atoms with Crippen molar-refractivity contribution < 1.29 is 0 Å². The van der Waals surface area contributed by atoms with Gasteiger partial charge in [0.1, 0.15) is 0 Å². The van der Waals surface area contributed by atoms with E-state index in [1.807, 2.05) is 0 Å². The summed E-state index contributed by atoms with van der Waals surface area (Å²) in [5, 5.41) is 4.85. The predicted molar refractivity (Wildman–Crippen MR) is 89.4 cm³/mol. The van der Waals surface area contributed by atoms with Crippen LogP contribution in [0.3, 0.4) is 0 Å². The Morgan fingerprint density at radius 3 is 2.52 bits per heavy atom. The Hall–Kier alpha value is -0.830. The van der Waals surface area contributed by atoms with Crippen molar-refractivity contribution in [3.8, 4) is 0 Å². The van der Waals surface area contributed by atoms with Crippen LogP contribution in [0.25, 0.3) is 0 Å². The molecule has 0 aliphatic heterocycles. The van der Waals surface area contributed by atoms with E-state index in [0.29, 0.717) is 11.5 Å². The minimum absolute atomic E-state index is 0.254. The maximum Gasteiger partial charge on any atom is 0.0676 e. The molecule has 120 valence electrons. The van der Waals surface area contributed by atoms with Gasteiger partial charge in [0.25, 0.3) is 0 Å². The lowest BCUT2D eigenvalue weighted by atomic mass is 9.67. The molecule has 1 aliphatic rings. The minimum Gasteiger partial charge on any atom is -0.326 e. The maximum absolute atomic E-state index is 6.47. The van der Waals surface area contributed by atoms with Gasteiger partial charge in [0.2, 0.25) is 0 Å². The molecule has 1 heterocycles. The molecule has 2 rings (SSSR count). The molecule has 0 amide bonds. The molecule has 3 atom stereocenters. The van der Waals surface area contributed by atoms with E-state index in [-0.39, 0.29) is 6.04 Å². The third-order valence-electron chi connectivity index (χ3n) is 5.79. The molecule has 0 bridgehead atoms. The zero-order chi connectivity index (χ0) is 15.6. The Morgan fingerprint density at radius 1 is 1.24 bits per heavy atom. The fourth-order valence-corrected chi connectivity index (χ4v) is 3.66. The molecular formula is C18H33N3. The summed E-state index contributed by atoms with van der Waals surface area (Å²) in [7, 11) is 0. The van der Waals surface area contributed by atoms with Crippen LogP contribution < -0.4 is 5.73 Å². The fraction of sp³-hybridized carbons (Fsp3) is 0.833. The van der Waals surface area contributed by atoms with Crippen LogP contribution in [0, 0.1) is 11.3 Å². The van der Waals surface area contributed by atoms with E-state index in [1.54, 1.807) is 0 Å². The molecule has 0 saturated heterocycles. The second-order valence-corrected chi connectivity index (χ2v) is 7.36. The van der Waals surface area contributed by atoms with Crippen molar-refractivity contribution >= 4 is 0 Å². The zero-order valence-electron chi connectivity index (χ0n) is 14.5. The van der Waals surface area contributed by atoms with E-state index in [0.717, 1.165) is 25.2 Å². The van der Waals surface area contributed by atoms with Crippen molar-refractivity contribution in [1.82, 2.24) is 9.78 Å². The lowest BCUT2D eigenvalue weighted by molar-refractivity contribution is 0.105. The summed E-state index contributed by atoms with van der Waals surface area (Å²) >= 11 is 0. The number of aryl methyl sites for hydroxylation is 2. The van der Waals surface area contributed by atoms with Crippen LogP contribution in [0.5, 0.6) is 0 Å². The van der Waals surface area contributed by atoms with Gasteiger partial charge in [0.15, 0.2) is 0 Å². The third kappa shape index (κ3) is 3.33. The number of aromatic nitrogens is 2. The van der Waals surface area contributed by atoms with Gasteiger partial charge in [-0.25, -0.2) is 0 Å². The summed E-state index contributed by atoms with van der Waals surface area (Å²) in [5.41, 5.74) is 9.43. The van der Waals surface area contributed by atoms with Gasteiger partial charge in [-0.3, -0.25) is 4.68 Å². The van der Waals surface area contributed by atoms with E-state index in [1.165, 1.54) is 30.7 Å². The fourth-order valence-electron chi connectivity index (χ4n) is 3.66. The molecule has 1 aromatic heterocycles. The monoisotopic (exact) mass is 291 g/mol. The quantitative estimate of drug-likeness (QED) is 0.887. The number of rotatable bonds is 5. The van der Waals surface area contributed by atoms with E-state index >= 15 is 0 Å². The summed E-state index contributed by atoms with van der Waals surface area (Å²) in [6.45, 7) is 11.5. The van der Waals surface area contributed by atoms with E-state index in [4.69, 9.17) is 10.8 Å². The van der Waals surface area contributed by atoms with Gasteiger partial charge in [0.05, 0.1) is 11.7 Å². The minimum atomic E-state index is 0.254. The Kier molecular flexibility index (Phi) is 5.13. The predicted octanol–water partition coefficient (Wildman–Crippen LogP) is 4.11. The van der Waals surface area contributed by atoms with E-state index in [9.17, 15) is 0 Å². The molecule has 3 nitrogen and oxygen atoms in total. The van der Waals surface area contributed by atoms with Gasteiger partial charge < -0.3 is 5.73 Å². The molecule has 0 spiro atoms. The first kappa shape index (κ1) is 16.5. The molecular weight excluding hydrogens is 258 g/mol. The standard InChI is InChI=1S/C18H33N3/c1-6-14-12-15(7-2)21(20-14)17-11-13(9-10-16(17)19)18(4,5)8-3/h12-13,16-17H,6-11,19H2,1-5H3. The first-order chi connectivity index (χ1) is 9.92. The van der Waals surface area contributed by atoms with Crippen LogP contribution in [-0.4, -0.2) is 15.8 Å². The van der Waals surface area contributed by atoms with Gasteiger partial charge in [-0.2, -0.15) is 5.10 Å². The van der Waals surface area contributed by atoms with Crippen molar-refractivity contribution in [3.63, 3.8) is 0 Å². The highest BCUT2D eigenvalue weighted by molar-refractivity contribution is 5.12. The first-order valence-electron chi connectivity index (χ1n) is 8.75. The average molecular weight is 291 g/mol. The molecule has 0 aromatic carbocycles. The molecule has 21 heavy (non-hydrogen) atoms. The summed E-state index contributed by atoms with van der Waals surface area (Å²) in [4.78, 5) is 0. The second kappa shape index (κ2) is 6.51. The smallest absolute Gasteiger partial charge is 0.0676 e. The molecule has 3 unspecified atom stereocenters. The first-order valence-corrected chi connectivity index (χ1v) is 8.75. The van der Waals surface area contributed by atoms with Crippen LogP contribution in [-0.2, 0) is 12.8 Å². The van der Waals surface area contributed by atoms with Gasteiger partial charge in [-0.05, 0) is 49.5 Å². The van der Waals surface area contributed by atoms with Crippen LogP contribution >= 0.6 is 0 Å². The molecule has 1 aromatic rings. The van der Waals surface area contributed by atoms with Crippen molar-refractivity contribution in [1.29, 1.82) is 0 Å². The number of nitrogens with zero attached hydrogens (tertiary/aromatic N) is 2. The molecule has 2 N–H and O–H groups in total. The Labute approximate surface area is 130 Å². The molecule has 1 aliphatic carbocycles. The largest absolute Gasteiger partial charge is 0.326 e. The summed E-state index contributed by atoms with van der Waals surface area (Å²) < 4.78 is 2.27. The lowest BCUT2D eigenvalue weighted by Crippen LogP contribution is -2.42. The van der Waals surface area contributed by atoms with Crippen molar-refractivity contribution in [2.45, 2.75) is 85.2 Å². The van der Waals surface area contributed by atoms with Gasteiger partial charge in [-0.1, -0.05) is 41.0 Å². The van der Waals surface area contributed by atoms with E-state index < -0.39 is 0 Å². The van der Waals surface area contributed by atoms with Crippen LogP contribution in [0.1, 0.15) is 77.7 Å². The SMILES string of the molecule is CCc1cc(CC)n(C2CC(C(C)(C)CC)CCC2N)n1. The van der Waals surface area contributed by atoms with Gasteiger partial charge in [-0.15, -0.1) is 0 Å². The zero-order valence-corrected chi connectivity index (χ0v) is 14.5. The molecule has 0 radical (unpaired) electrons. The van der Waals surface area contributed by atoms with Gasteiger partial charge in [0, 0.05) is 11.7 Å². The van der Waals surface area contributed by atoms with E-state index in [2.05, 4.69) is 45.4 Å². The highest BCUT2D eigenvalue weighted by Gasteiger charge is 2.37. The second-order valence-electron chi connectivity index (χ2n) is 7.36. The normalized spacial score (nSPS) is 27.0. The van der Waals surface area contributed by atoms with Crippen LogP contribution in [0.2, 0.25) is 0 Å².